The van der Waals surface area contributed by atoms with Crippen LogP contribution in [-0.4, -0.2) is 38.5 Å². The Morgan fingerprint density at radius 3 is 2.30 bits per heavy atom. The predicted molar refractivity (Wildman–Crippen MR) is 107 cm³/mol. The van der Waals surface area contributed by atoms with Crippen LogP contribution in [0.5, 0.6) is 0 Å². The van der Waals surface area contributed by atoms with E-state index in [1.807, 2.05) is 6.92 Å². The summed E-state index contributed by atoms with van der Waals surface area (Å²) in [5.41, 5.74) is 0.163. The molecule has 2 amide bonds. The van der Waals surface area contributed by atoms with Crippen LogP contribution in [0.1, 0.15) is 24.0 Å². The van der Waals surface area contributed by atoms with Crippen molar-refractivity contribution < 1.29 is 26.4 Å². The third-order valence-electron chi connectivity index (χ3n) is 4.88. The lowest BCUT2D eigenvalue weighted by atomic mass is 10.1. The van der Waals surface area contributed by atoms with Gasteiger partial charge < -0.3 is 10.2 Å². The molecule has 10 heteroatoms. The number of hydrogen-bond donors (Lipinski definition) is 2. The molecule has 6 nitrogen and oxygen atoms in total. The van der Waals surface area contributed by atoms with Crippen LogP contribution in [0.3, 0.4) is 0 Å². The van der Waals surface area contributed by atoms with Gasteiger partial charge in [-0.15, -0.1) is 0 Å². The second-order valence-electron chi connectivity index (χ2n) is 7.20. The molecule has 1 saturated heterocycles. The molecule has 2 N–H and O–H groups in total. The van der Waals surface area contributed by atoms with Gasteiger partial charge in [0.2, 0.25) is 10.0 Å². The van der Waals surface area contributed by atoms with Gasteiger partial charge in [0, 0.05) is 24.8 Å². The summed E-state index contributed by atoms with van der Waals surface area (Å²) in [6.45, 7) is 2.43. The monoisotopic (exact) mass is 441 g/mol. The minimum atomic E-state index is -4.49. The van der Waals surface area contributed by atoms with Crippen LogP contribution in [0, 0.1) is 6.92 Å². The predicted octanol–water partition coefficient (Wildman–Crippen LogP) is 3.99. The number of nitrogens with zero attached hydrogens (tertiary/aromatic N) is 1. The zero-order chi connectivity index (χ0) is 21.9. The summed E-state index contributed by atoms with van der Waals surface area (Å²) in [5.74, 6) is 0. The fourth-order valence-electron chi connectivity index (χ4n) is 3.18. The van der Waals surface area contributed by atoms with Gasteiger partial charge >= 0.3 is 12.2 Å². The Morgan fingerprint density at radius 1 is 1.07 bits per heavy atom. The van der Waals surface area contributed by atoms with Gasteiger partial charge in [-0.3, -0.25) is 0 Å². The van der Waals surface area contributed by atoms with E-state index in [-0.39, 0.29) is 29.7 Å². The Morgan fingerprint density at radius 2 is 1.70 bits per heavy atom. The summed E-state index contributed by atoms with van der Waals surface area (Å²) in [6.07, 6.45) is -3.68. The second kappa shape index (κ2) is 8.65. The molecule has 30 heavy (non-hydrogen) atoms. The summed E-state index contributed by atoms with van der Waals surface area (Å²) in [6, 6.07) is 10.1. The molecule has 2 aromatic rings. The van der Waals surface area contributed by atoms with Gasteiger partial charge in [-0.2, -0.15) is 13.2 Å². The van der Waals surface area contributed by atoms with E-state index in [0.29, 0.717) is 12.8 Å². The first kappa shape index (κ1) is 22.1. The zero-order valence-corrected chi connectivity index (χ0v) is 17.1. The molecule has 1 fully saturated rings. The number of hydrogen-bond acceptors (Lipinski definition) is 3. The van der Waals surface area contributed by atoms with Gasteiger partial charge in [0.15, 0.2) is 0 Å². The van der Waals surface area contributed by atoms with Crippen molar-refractivity contribution in [2.45, 2.75) is 36.9 Å². The van der Waals surface area contributed by atoms with Gasteiger partial charge in [-0.1, -0.05) is 23.8 Å². The van der Waals surface area contributed by atoms with Gasteiger partial charge in [-0.25, -0.2) is 17.9 Å². The van der Waals surface area contributed by atoms with E-state index >= 15 is 0 Å². The molecule has 0 atom stereocenters. The Labute approximate surface area is 173 Å². The van der Waals surface area contributed by atoms with Crippen LogP contribution in [-0.2, 0) is 16.2 Å². The molecule has 0 spiro atoms. The minimum Gasteiger partial charge on any atom is -0.324 e. The number of piperidine rings is 1. The third-order valence-corrected chi connectivity index (χ3v) is 6.41. The number of aryl methyl sites for hydroxylation is 1. The largest absolute Gasteiger partial charge is 0.416 e. The first-order valence-electron chi connectivity index (χ1n) is 9.37. The molecular formula is C20H22F3N3O3S. The number of carbonyl (C=O) groups excluding carboxylic acids is 1. The third kappa shape index (κ3) is 5.51. The Hall–Kier alpha value is -2.59. The lowest BCUT2D eigenvalue weighted by Gasteiger charge is -2.32. The van der Waals surface area contributed by atoms with Crippen LogP contribution in [0.2, 0.25) is 0 Å². The maximum absolute atomic E-state index is 12.8. The van der Waals surface area contributed by atoms with Crippen LogP contribution in [0.25, 0.3) is 0 Å². The standard InChI is InChI=1S/C20H22F3N3O3S/c1-14-5-7-18(8-6-14)30(28,29)25-16-9-11-26(12-10-16)19(27)24-17-4-2-3-15(13-17)20(21,22)23/h2-8,13,16,25H,9-12H2,1H3,(H,24,27). The van der Waals surface area contributed by atoms with E-state index in [9.17, 15) is 26.4 Å². The molecular weight excluding hydrogens is 419 g/mol. The molecule has 0 aromatic heterocycles. The molecule has 2 aromatic carbocycles. The van der Waals surface area contributed by atoms with E-state index in [0.717, 1.165) is 17.7 Å². The van der Waals surface area contributed by atoms with Crippen LogP contribution < -0.4 is 10.0 Å². The molecule has 0 unspecified atom stereocenters. The number of halogens is 3. The molecule has 1 heterocycles. The molecule has 0 saturated carbocycles. The fourth-order valence-corrected chi connectivity index (χ4v) is 4.49. The minimum absolute atomic E-state index is 0.0528. The zero-order valence-electron chi connectivity index (χ0n) is 16.2. The summed E-state index contributed by atoms with van der Waals surface area (Å²) < 4.78 is 66.0. The topological polar surface area (TPSA) is 78.5 Å². The van der Waals surface area contributed by atoms with E-state index in [1.165, 1.54) is 29.2 Å². The summed E-state index contributed by atoms with van der Waals surface area (Å²) in [4.78, 5) is 14.0. The smallest absolute Gasteiger partial charge is 0.324 e. The lowest BCUT2D eigenvalue weighted by molar-refractivity contribution is -0.137. The number of urea groups is 1. The van der Waals surface area contributed by atoms with Crippen LogP contribution in [0.4, 0.5) is 23.7 Å². The quantitative estimate of drug-likeness (QED) is 0.753. The molecule has 1 aliphatic rings. The van der Waals surface area contributed by atoms with E-state index in [1.54, 1.807) is 12.1 Å². The Bertz CT molecular complexity index is 1000. The molecule has 3 rings (SSSR count). The summed E-state index contributed by atoms with van der Waals surface area (Å²) in [7, 11) is -3.66. The fraction of sp³-hybridized carbons (Fsp3) is 0.350. The molecule has 0 bridgehead atoms. The normalized spacial score (nSPS) is 15.8. The first-order valence-corrected chi connectivity index (χ1v) is 10.8. The molecule has 0 aliphatic carbocycles. The van der Waals surface area contributed by atoms with Crippen LogP contribution >= 0.6 is 0 Å². The number of anilines is 1. The summed E-state index contributed by atoms with van der Waals surface area (Å²) >= 11 is 0. The number of likely N-dealkylation sites (tertiary alicyclic amines) is 1. The van der Waals surface area contributed by atoms with Crippen molar-refractivity contribution in [2.24, 2.45) is 0 Å². The SMILES string of the molecule is Cc1ccc(S(=O)(=O)NC2CCN(C(=O)Nc3cccc(C(F)(F)F)c3)CC2)cc1. The van der Waals surface area contributed by atoms with Crippen molar-refractivity contribution in [2.75, 3.05) is 18.4 Å². The van der Waals surface area contributed by atoms with Crippen molar-refractivity contribution in [1.82, 2.24) is 9.62 Å². The molecule has 1 aliphatic heterocycles. The summed E-state index contributed by atoms with van der Waals surface area (Å²) in [5, 5.41) is 2.47. The maximum atomic E-state index is 12.8. The Balaban J connectivity index is 1.55. The Kier molecular flexibility index (Phi) is 6.37. The van der Waals surface area contributed by atoms with Crippen molar-refractivity contribution in [3.05, 3.63) is 59.7 Å². The van der Waals surface area contributed by atoms with Crippen molar-refractivity contribution >= 4 is 21.7 Å². The average molecular weight is 441 g/mol. The van der Waals surface area contributed by atoms with Crippen molar-refractivity contribution in [3.63, 3.8) is 0 Å². The van der Waals surface area contributed by atoms with Crippen molar-refractivity contribution in [1.29, 1.82) is 0 Å². The number of benzene rings is 2. The van der Waals surface area contributed by atoms with Gasteiger partial charge in [0.25, 0.3) is 0 Å². The second-order valence-corrected chi connectivity index (χ2v) is 8.92. The highest BCUT2D eigenvalue weighted by Crippen LogP contribution is 2.30. The van der Waals surface area contributed by atoms with Crippen LogP contribution in [0.15, 0.2) is 53.4 Å². The number of carbonyl (C=O) groups is 1. The molecule has 0 radical (unpaired) electrons. The van der Waals surface area contributed by atoms with Gasteiger partial charge in [-0.05, 0) is 50.1 Å². The van der Waals surface area contributed by atoms with E-state index in [2.05, 4.69) is 10.0 Å². The van der Waals surface area contributed by atoms with Gasteiger partial charge in [0.1, 0.15) is 0 Å². The van der Waals surface area contributed by atoms with E-state index in [4.69, 9.17) is 0 Å². The maximum Gasteiger partial charge on any atom is 0.416 e. The highest BCUT2D eigenvalue weighted by Gasteiger charge is 2.31. The number of nitrogens with one attached hydrogen (secondary N) is 2. The molecule has 162 valence electrons. The van der Waals surface area contributed by atoms with E-state index < -0.39 is 27.8 Å². The number of sulfonamides is 1. The number of rotatable bonds is 4. The average Bonchev–Trinajstić information content (AvgIpc) is 2.68. The highest BCUT2D eigenvalue weighted by atomic mass is 32.2. The number of amides is 2. The van der Waals surface area contributed by atoms with Gasteiger partial charge in [0.05, 0.1) is 10.5 Å². The lowest BCUT2D eigenvalue weighted by Crippen LogP contribution is -2.47. The van der Waals surface area contributed by atoms with Crippen molar-refractivity contribution in [3.8, 4) is 0 Å². The number of alkyl halides is 3. The highest BCUT2D eigenvalue weighted by molar-refractivity contribution is 7.89. The first-order chi connectivity index (χ1) is 14.0.